The van der Waals surface area contributed by atoms with Crippen LogP contribution < -0.4 is 5.73 Å². The minimum atomic E-state index is 0.424. The van der Waals surface area contributed by atoms with Gasteiger partial charge in [0.05, 0.1) is 23.4 Å². The number of rotatable bonds is 1. The molecular weight excluding hydrogens is 212 g/mol. The minimum absolute atomic E-state index is 0.424. The van der Waals surface area contributed by atoms with Crippen molar-refractivity contribution >= 4 is 11.2 Å². The summed E-state index contributed by atoms with van der Waals surface area (Å²) < 4.78 is 2.13. The number of hydrogen-bond donors (Lipinski definition) is 1. The Morgan fingerprint density at radius 3 is 3.12 bits per heavy atom. The maximum Gasteiger partial charge on any atom is 0.130 e. The van der Waals surface area contributed by atoms with Crippen LogP contribution in [0.25, 0.3) is 5.52 Å². The van der Waals surface area contributed by atoms with E-state index >= 15 is 0 Å². The van der Waals surface area contributed by atoms with Gasteiger partial charge in [0.25, 0.3) is 0 Å². The van der Waals surface area contributed by atoms with Crippen molar-refractivity contribution in [2.24, 2.45) is 0 Å². The predicted molar refractivity (Wildman–Crippen MR) is 68.8 cm³/mol. The molecule has 0 bridgehead atoms. The number of anilines is 1. The van der Waals surface area contributed by atoms with E-state index in [9.17, 15) is 0 Å². The summed E-state index contributed by atoms with van der Waals surface area (Å²) in [7, 11) is 2.18. The zero-order chi connectivity index (χ0) is 11.8. The molecular formula is C13H18N4. The van der Waals surface area contributed by atoms with Crippen LogP contribution in [0.2, 0.25) is 0 Å². The van der Waals surface area contributed by atoms with Crippen LogP contribution in [0.1, 0.15) is 31.1 Å². The average Bonchev–Trinajstić information content (AvgIpc) is 2.75. The van der Waals surface area contributed by atoms with Crippen LogP contribution in [-0.2, 0) is 0 Å². The first-order valence-electron chi connectivity index (χ1n) is 6.19. The van der Waals surface area contributed by atoms with Crippen molar-refractivity contribution in [1.29, 1.82) is 0 Å². The third kappa shape index (κ3) is 1.69. The third-order valence-corrected chi connectivity index (χ3v) is 3.70. The van der Waals surface area contributed by atoms with Gasteiger partial charge in [-0.2, -0.15) is 0 Å². The Morgan fingerprint density at radius 1 is 1.41 bits per heavy atom. The van der Waals surface area contributed by atoms with E-state index in [1.54, 1.807) is 0 Å². The zero-order valence-corrected chi connectivity index (χ0v) is 10.1. The molecule has 0 saturated carbocycles. The molecule has 90 valence electrons. The Balaban J connectivity index is 2.08. The number of pyridine rings is 1. The highest BCUT2D eigenvalue weighted by atomic mass is 15.2. The Morgan fingerprint density at radius 2 is 2.29 bits per heavy atom. The number of fused-ring (bicyclic) bond motifs is 1. The third-order valence-electron chi connectivity index (χ3n) is 3.70. The molecule has 0 amide bonds. The molecule has 1 fully saturated rings. The summed E-state index contributed by atoms with van der Waals surface area (Å²) in [5.74, 6) is 1.12. The first-order chi connectivity index (χ1) is 8.27. The van der Waals surface area contributed by atoms with Gasteiger partial charge in [0.2, 0.25) is 0 Å². The van der Waals surface area contributed by atoms with Crippen molar-refractivity contribution in [3.63, 3.8) is 0 Å². The monoisotopic (exact) mass is 230 g/mol. The van der Waals surface area contributed by atoms with E-state index in [-0.39, 0.29) is 0 Å². The number of nitrogens with zero attached hydrogens (tertiary/aromatic N) is 3. The molecule has 2 aromatic heterocycles. The quantitative estimate of drug-likeness (QED) is 0.815. The standard InChI is InChI=1S/C13H18N4/c1-16-7-3-2-6-11(16)13-15-9-12-10(14)5-4-8-17(12)13/h4-5,8-9,11H,2-3,6-7,14H2,1H3. The lowest BCUT2D eigenvalue weighted by molar-refractivity contribution is 0.179. The van der Waals surface area contributed by atoms with Crippen LogP contribution in [0.5, 0.6) is 0 Å². The van der Waals surface area contributed by atoms with Gasteiger partial charge in [0, 0.05) is 6.20 Å². The summed E-state index contributed by atoms with van der Waals surface area (Å²) in [5.41, 5.74) is 7.77. The molecule has 4 heteroatoms. The fraction of sp³-hybridized carbons (Fsp3) is 0.462. The topological polar surface area (TPSA) is 46.6 Å². The summed E-state index contributed by atoms with van der Waals surface area (Å²) in [5, 5.41) is 0. The maximum atomic E-state index is 5.96. The molecule has 1 aliphatic rings. The summed E-state index contributed by atoms with van der Waals surface area (Å²) in [4.78, 5) is 6.96. The Labute approximate surface area is 101 Å². The van der Waals surface area contributed by atoms with Crippen LogP contribution in [-0.4, -0.2) is 27.9 Å². The molecule has 0 aromatic carbocycles. The molecule has 0 radical (unpaired) electrons. The number of nitrogen functional groups attached to an aromatic ring is 1. The van der Waals surface area contributed by atoms with Crippen LogP contribution >= 0.6 is 0 Å². The second kappa shape index (κ2) is 4.04. The molecule has 3 heterocycles. The lowest BCUT2D eigenvalue weighted by atomic mass is 10.0. The van der Waals surface area contributed by atoms with E-state index in [1.807, 2.05) is 18.3 Å². The van der Waals surface area contributed by atoms with Crippen molar-refractivity contribution in [1.82, 2.24) is 14.3 Å². The van der Waals surface area contributed by atoms with Crippen molar-refractivity contribution < 1.29 is 0 Å². The highest BCUT2D eigenvalue weighted by Crippen LogP contribution is 2.29. The van der Waals surface area contributed by atoms with Crippen LogP contribution in [0.3, 0.4) is 0 Å². The van der Waals surface area contributed by atoms with Crippen LogP contribution in [0, 0.1) is 0 Å². The van der Waals surface area contributed by atoms with E-state index in [2.05, 4.69) is 27.5 Å². The molecule has 2 N–H and O–H groups in total. The molecule has 1 unspecified atom stereocenters. The van der Waals surface area contributed by atoms with Gasteiger partial charge in [-0.3, -0.25) is 4.90 Å². The first kappa shape index (κ1) is 10.6. The van der Waals surface area contributed by atoms with E-state index in [1.165, 1.54) is 19.3 Å². The Hall–Kier alpha value is -1.55. The molecule has 17 heavy (non-hydrogen) atoms. The summed E-state index contributed by atoms with van der Waals surface area (Å²) in [6, 6.07) is 4.33. The molecule has 4 nitrogen and oxygen atoms in total. The Bertz CT molecular complexity index is 531. The van der Waals surface area contributed by atoms with Gasteiger partial charge in [-0.1, -0.05) is 6.42 Å². The van der Waals surface area contributed by atoms with Crippen molar-refractivity contribution in [3.05, 3.63) is 30.4 Å². The van der Waals surface area contributed by atoms with E-state index < -0.39 is 0 Å². The fourth-order valence-electron chi connectivity index (χ4n) is 2.71. The fourth-order valence-corrected chi connectivity index (χ4v) is 2.71. The zero-order valence-electron chi connectivity index (χ0n) is 10.1. The Kier molecular flexibility index (Phi) is 2.52. The number of imidazole rings is 1. The van der Waals surface area contributed by atoms with Crippen molar-refractivity contribution in [3.8, 4) is 0 Å². The molecule has 2 aromatic rings. The molecule has 0 spiro atoms. The second-order valence-electron chi connectivity index (χ2n) is 4.83. The lowest BCUT2D eigenvalue weighted by Crippen LogP contribution is -2.30. The highest BCUT2D eigenvalue weighted by molar-refractivity contribution is 5.68. The first-order valence-corrected chi connectivity index (χ1v) is 6.19. The van der Waals surface area contributed by atoms with Gasteiger partial charge < -0.3 is 10.1 Å². The molecule has 0 aliphatic carbocycles. The van der Waals surface area contributed by atoms with Gasteiger partial charge in [0.15, 0.2) is 0 Å². The van der Waals surface area contributed by atoms with E-state index in [0.717, 1.165) is 23.6 Å². The molecule has 1 atom stereocenters. The molecule has 1 aliphatic heterocycles. The van der Waals surface area contributed by atoms with Gasteiger partial charge in [-0.15, -0.1) is 0 Å². The second-order valence-corrected chi connectivity index (χ2v) is 4.83. The van der Waals surface area contributed by atoms with E-state index in [4.69, 9.17) is 5.73 Å². The number of nitrogens with two attached hydrogens (primary N) is 1. The number of piperidine rings is 1. The largest absolute Gasteiger partial charge is 0.397 e. The SMILES string of the molecule is CN1CCCCC1c1ncc2c(N)cccn12. The smallest absolute Gasteiger partial charge is 0.130 e. The van der Waals surface area contributed by atoms with Gasteiger partial charge in [-0.05, 0) is 38.6 Å². The highest BCUT2D eigenvalue weighted by Gasteiger charge is 2.24. The van der Waals surface area contributed by atoms with Gasteiger partial charge in [-0.25, -0.2) is 4.98 Å². The van der Waals surface area contributed by atoms with Crippen LogP contribution in [0.15, 0.2) is 24.5 Å². The average molecular weight is 230 g/mol. The molecule has 1 saturated heterocycles. The normalized spacial score (nSPS) is 22.1. The number of aromatic nitrogens is 2. The van der Waals surface area contributed by atoms with Gasteiger partial charge in [0.1, 0.15) is 5.82 Å². The molecule has 3 rings (SSSR count). The lowest BCUT2D eigenvalue weighted by Gasteiger charge is -2.31. The summed E-state index contributed by atoms with van der Waals surface area (Å²) in [6.07, 6.45) is 7.69. The number of likely N-dealkylation sites (tertiary alicyclic amines) is 1. The predicted octanol–water partition coefficient (Wildman–Crippen LogP) is 2.07. The number of hydrogen-bond acceptors (Lipinski definition) is 3. The van der Waals surface area contributed by atoms with Crippen molar-refractivity contribution in [2.45, 2.75) is 25.3 Å². The summed E-state index contributed by atoms with van der Waals surface area (Å²) in [6.45, 7) is 1.15. The van der Waals surface area contributed by atoms with Crippen molar-refractivity contribution in [2.75, 3.05) is 19.3 Å². The van der Waals surface area contributed by atoms with E-state index in [0.29, 0.717) is 6.04 Å². The van der Waals surface area contributed by atoms with Gasteiger partial charge >= 0.3 is 0 Å². The maximum absolute atomic E-state index is 5.96. The minimum Gasteiger partial charge on any atom is -0.397 e. The summed E-state index contributed by atoms with van der Waals surface area (Å²) >= 11 is 0. The van der Waals surface area contributed by atoms with Crippen LogP contribution in [0.4, 0.5) is 5.69 Å².